The summed E-state index contributed by atoms with van der Waals surface area (Å²) in [4.78, 5) is 31.8. The highest BCUT2D eigenvalue weighted by Gasteiger charge is 2.34. The molecule has 3 N–H and O–H groups in total. The van der Waals surface area contributed by atoms with Gasteiger partial charge in [0.2, 0.25) is 0 Å². The summed E-state index contributed by atoms with van der Waals surface area (Å²) in [6.07, 6.45) is 0.899. The molecule has 2 aliphatic heterocycles. The Hall–Kier alpha value is -3.34. The summed E-state index contributed by atoms with van der Waals surface area (Å²) in [6.45, 7) is 4.31. The maximum atomic E-state index is 15.0. The lowest BCUT2D eigenvalue weighted by Crippen LogP contribution is -2.40. The third-order valence-corrected chi connectivity index (χ3v) is 7.88. The van der Waals surface area contributed by atoms with Gasteiger partial charge in [-0.15, -0.1) is 0 Å². The molecule has 0 saturated carbocycles. The van der Waals surface area contributed by atoms with Crippen LogP contribution in [0.2, 0.25) is 0 Å². The second-order valence-corrected chi connectivity index (χ2v) is 13.7. The number of amides is 1. The van der Waals surface area contributed by atoms with E-state index in [0.29, 0.717) is 42.0 Å². The molecule has 0 aliphatic carbocycles. The molecule has 1 amide bonds. The van der Waals surface area contributed by atoms with Gasteiger partial charge in [0.1, 0.15) is 24.3 Å². The monoisotopic (exact) mass is 616 g/mol. The summed E-state index contributed by atoms with van der Waals surface area (Å²) >= 11 is 0. The Balaban J connectivity index is 0.000000850. The number of pyridine rings is 1. The molecule has 3 heterocycles. The molecule has 0 radical (unpaired) electrons. The van der Waals surface area contributed by atoms with Gasteiger partial charge < -0.3 is 20.1 Å². The number of ether oxygens (including phenoxy) is 2. The number of rotatable bonds is 7. The van der Waals surface area contributed by atoms with Crippen molar-refractivity contribution in [1.82, 2.24) is 4.98 Å². The fourth-order valence-corrected chi connectivity index (χ4v) is 5.14. The van der Waals surface area contributed by atoms with E-state index in [9.17, 15) is 26.4 Å². The molecule has 0 spiro atoms. The van der Waals surface area contributed by atoms with Crippen molar-refractivity contribution in [2.45, 2.75) is 26.0 Å². The summed E-state index contributed by atoms with van der Waals surface area (Å²) in [5, 5.41) is 0. The van der Waals surface area contributed by atoms with Gasteiger partial charge >= 0.3 is 12.1 Å². The van der Waals surface area contributed by atoms with Crippen molar-refractivity contribution in [3.05, 3.63) is 42.3 Å². The van der Waals surface area contributed by atoms with Gasteiger partial charge in [-0.25, -0.2) is 22.6 Å². The number of carbonyl (C=O) groups excluding carboxylic acids is 2. The average Bonchev–Trinajstić information content (AvgIpc) is 3.26. The molecular weight excluding hydrogens is 583 g/mol. The zero-order chi connectivity index (χ0) is 30.5. The number of cyclic esters (lactones) is 1. The first-order chi connectivity index (χ1) is 19.0. The third-order valence-electron chi connectivity index (χ3n) is 6.27. The van der Waals surface area contributed by atoms with E-state index in [1.807, 2.05) is 4.90 Å². The predicted molar refractivity (Wildman–Crippen MR) is 149 cm³/mol. The first kappa shape index (κ1) is 32.2. The number of carbonyl (C=O) groups is 2. The SMILES string of the molecule is CC(C)[C@@H](N)C(=O)OC[C@H]1CN(c2ccc(-c3ccc(N4CCS(=O)(=O)CC4)nc3)c(F)c2)C(=O)O1.CS(=O)(=O)O. The van der Waals surface area contributed by atoms with E-state index in [-0.39, 0.29) is 30.6 Å². The summed E-state index contributed by atoms with van der Waals surface area (Å²) in [6, 6.07) is 7.08. The topological polar surface area (TPSA) is 186 Å². The molecular formula is C25H33FN4O9S2. The van der Waals surface area contributed by atoms with Gasteiger partial charge in [0.15, 0.2) is 15.9 Å². The van der Waals surface area contributed by atoms with Crippen LogP contribution in [0.15, 0.2) is 36.5 Å². The van der Waals surface area contributed by atoms with Gasteiger partial charge in [-0.1, -0.05) is 13.8 Å². The smallest absolute Gasteiger partial charge is 0.414 e. The molecule has 16 heteroatoms. The van der Waals surface area contributed by atoms with E-state index in [0.717, 1.165) is 0 Å². The minimum absolute atomic E-state index is 0.0836. The van der Waals surface area contributed by atoms with Crippen molar-refractivity contribution in [2.24, 2.45) is 11.7 Å². The largest absolute Gasteiger partial charge is 0.460 e. The van der Waals surface area contributed by atoms with Crippen LogP contribution in [-0.4, -0.2) is 94.6 Å². The molecule has 2 fully saturated rings. The molecule has 4 rings (SSSR count). The number of anilines is 2. The van der Waals surface area contributed by atoms with Crippen LogP contribution in [0.4, 0.5) is 20.7 Å². The van der Waals surface area contributed by atoms with Crippen LogP contribution in [0.5, 0.6) is 0 Å². The maximum absolute atomic E-state index is 15.0. The predicted octanol–water partition coefficient (Wildman–Crippen LogP) is 1.48. The highest BCUT2D eigenvalue weighted by Crippen LogP contribution is 2.30. The number of esters is 1. The first-order valence-electron chi connectivity index (χ1n) is 12.6. The molecule has 226 valence electrons. The fraction of sp³-hybridized carbons (Fsp3) is 0.480. The number of nitrogens with zero attached hydrogens (tertiary/aromatic N) is 3. The van der Waals surface area contributed by atoms with Crippen molar-refractivity contribution in [1.29, 1.82) is 0 Å². The normalized spacial score (nSPS) is 19.3. The fourth-order valence-electron chi connectivity index (χ4n) is 3.94. The Bertz CT molecular complexity index is 1450. The second kappa shape index (κ2) is 13.1. The molecule has 13 nitrogen and oxygen atoms in total. The van der Waals surface area contributed by atoms with Gasteiger partial charge in [-0.3, -0.25) is 14.2 Å². The van der Waals surface area contributed by atoms with Crippen molar-refractivity contribution in [3.63, 3.8) is 0 Å². The number of halogens is 1. The maximum Gasteiger partial charge on any atom is 0.414 e. The Labute approximate surface area is 238 Å². The minimum atomic E-state index is -3.67. The van der Waals surface area contributed by atoms with Crippen molar-refractivity contribution < 1.29 is 44.8 Å². The van der Waals surface area contributed by atoms with E-state index in [2.05, 4.69) is 4.98 Å². The van der Waals surface area contributed by atoms with E-state index < -0.39 is 50.0 Å². The van der Waals surface area contributed by atoms with Crippen molar-refractivity contribution in [3.8, 4) is 11.1 Å². The molecule has 2 atom stereocenters. The van der Waals surface area contributed by atoms with Crippen LogP contribution in [0, 0.1) is 11.7 Å². The Kier molecular flexibility index (Phi) is 10.3. The van der Waals surface area contributed by atoms with Gasteiger partial charge in [-0.05, 0) is 36.2 Å². The highest BCUT2D eigenvalue weighted by molar-refractivity contribution is 7.91. The first-order valence-corrected chi connectivity index (χ1v) is 16.2. The van der Waals surface area contributed by atoms with Crippen molar-refractivity contribution in [2.75, 3.05) is 53.8 Å². The quantitative estimate of drug-likeness (QED) is 0.338. The number of benzene rings is 1. The van der Waals surface area contributed by atoms with Crippen LogP contribution in [0.3, 0.4) is 0 Å². The molecule has 0 bridgehead atoms. The summed E-state index contributed by atoms with van der Waals surface area (Å²) in [5.74, 6) is -0.403. The molecule has 0 unspecified atom stereocenters. The molecule has 2 saturated heterocycles. The van der Waals surface area contributed by atoms with E-state index >= 15 is 4.39 Å². The van der Waals surface area contributed by atoms with E-state index in [4.69, 9.17) is 19.8 Å². The number of hydrogen-bond acceptors (Lipinski definition) is 11. The van der Waals surface area contributed by atoms with Gasteiger partial charge in [0.05, 0.1) is 30.0 Å². The Morgan fingerprint density at radius 1 is 1.24 bits per heavy atom. The number of hydrogen-bond donors (Lipinski definition) is 2. The molecule has 41 heavy (non-hydrogen) atoms. The second-order valence-electron chi connectivity index (χ2n) is 9.96. The summed E-state index contributed by atoms with van der Waals surface area (Å²) < 4.78 is 74.5. The number of sulfone groups is 1. The Morgan fingerprint density at radius 3 is 2.41 bits per heavy atom. The van der Waals surface area contributed by atoms with Gasteiger partial charge in [0.25, 0.3) is 10.1 Å². The summed E-state index contributed by atoms with van der Waals surface area (Å²) in [5.41, 5.74) is 6.92. The van der Waals surface area contributed by atoms with Crippen LogP contribution < -0.4 is 15.5 Å². The van der Waals surface area contributed by atoms with Crippen LogP contribution in [-0.2, 0) is 34.2 Å². The van der Waals surface area contributed by atoms with Crippen molar-refractivity contribution >= 4 is 43.5 Å². The van der Waals surface area contributed by atoms with Crippen LogP contribution in [0.25, 0.3) is 11.1 Å². The Morgan fingerprint density at radius 2 is 1.88 bits per heavy atom. The lowest BCUT2D eigenvalue weighted by Gasteiger charge is -2.27. The zero-order valence-electron chi connectivity index (χ0n) is 22.8. The average molecular weight is 617 g/mol. The van der Waals surface area contributed by atoms with E-state index in [1.165, 1.54) is 17.2 Å². The summed E-state index contributed by atoms with van der Waals surface area (Å²) in [7, 11) is -6.66. The molecule has 2 aromatic rings. The zero-order valence-corrected chi connectivity index (χ0v) is 24.4. The van der Waals surface area contributed by atoms with Gasteiger partial charge in [-0.2, -0.15) is 8.42 Å². The highest BCUT2D eigenvalue weighted by atomic mass is 32.2. The lowest BCUT2D eigenvalue weighted by atomic mass is 10.1. The van der Waals surface area contributed by atoms with Gasteiger partial charge in [0, 0.05) is 30.4 Å². The lowest BCUT2D eigenvalue weighted by molar-refractivity contribution is -0.148. The third kappa shape index (κ3) is 9.34. The van der Waals surface area contributed by atoms with Crippen LogP contribution in [0.1, 0.15) is 13.8 Å². The molecule has 1 aromatic carbocycles. The van der Waals surface area contributed by atoms with Crippen LogP contribution >= 0.6 is 0 Å². The number of nitrogens with two attached hydrogens (primary N) is 1. The molecule has 2 aliphatic rings. The minimum Gasteiger partial charge on any atom is -0.460 e. The van der Waals surface area contributed by atoms with E-state index in [1.54, 1.807) is 38.1 Å². The molecule has 1 aromatic heterocycles. The standard InChI is InChI=1S/C24H29FN4O6S.CH4O3S/c1-15(2)22(26)23(30)34-14-18-13-29(24(31)35-18)17-4-5-19(20(25)11-17)16-3-6-21(27-12-16)28-7-9-36(32,33)10-8-28;1-5(2,3)4/h3-6,11-12,15,18,22H,7-10,13-14,26H2,1-2H3;1H3,(H,2,3,4)/t18-,22-;/m1./s1. The number of aromatic nitrogens is 1.